The molecule has 0 aliphatic rings. The summed E-state index contributed by atoms with van der Waals surface area (Å²) in [5, 5.41) is 2.97. The van der Waals surface area contributed by atoms with Gasteiger partial charge in [0.05, 0.1) is 6.20 Å². The summed E-state index contributed by atoms with van der Waals surface area (Å²) in [6.07, 6.45) is 1.38. The van der Waals surface area contributed by atoms with Gasteiger partial charge in [-0.25, -0.2) is 4.98 Å². The van der Waals surface area contributed by atoms with Crippen LogP contribution >= 0.6 is 0 Å². The molecule has 2 aromatic rings. The van der Waals surface area contributed by atoms with Crippen LogP contribution in [-0.2, 0) is 0 Å². The molecule has 0 unspecified atom stereocenters. The Balaban J connectivity index is 2.78. The molecule has 0 spiro atoms. The molecule has 14 heavy (non-hydrogen) atoms. The molecule has 3 N–H and O–H groups in total. The summed E-state index contributed by atoms with van der Waals surface area (Å²) in [7, 11) is 0. The zero-order valence-electron chi connectivity index (χ0n) is 8.11. The van der Waals surface area contributed by atoms with Crippen molar-refractivity contribution in [1.82, 2.24) is 14.6 Å². The van der Waals surface area contributed by atoms with Crippen LogP contribution in [0.25, 0.3) is 5.65 Å². The molecule has 0 aliphatic heterocycles. The van der Waals surface area contributed by atoms with E-state index >= 15 is 0 Å². The number of anilines is 1. The van der Waals surface area contributed by atoms with Crippen molar-refractivity contribution in [3.63, 3.8) is 0 Å². The minimum absolute atomic E-state index is 0.152. The van der Waals surface area contributed by atoms with E-state index in [4.69, 9.17) is 5.73 Å². The number of aromatic amines is 1. The molecule has 5 nitrogen and oxygen atoms in total. The van der Waals surface area contributed by atoms with Gasteiger partial charge in [-0.05, 0) is 5.92 Å². The number of rotatable bonds is 1. The number of hydrogen-bond donors (Lipinski definition) is 2. The van der Waals surface area contributed by atoms with Crippen molar-refractivity contribution < 1.29 is 0 Å². The van der Waals surface area contributed by atoms with E-state index in [9.17, 15) is 4.79 Å². The number of H-pyrrole nitrogens is 1. The first-order valence-corrected chi connectivity index (χ1v) is 4.45. The minimum Gasteiger partial charge on any atom is -0.393 e. The molecule has 2 heterocycles. The number of nitrogens with zero attached hydrogens (tertiary/aromatic N) is 2. The average Bonchev–Trinajstić information content (AvgIpc) is 2.56. The monoisotopic (exact) mass is 192 g/mol. The van der Waals surface area contributed by atoms with Crippen molar-refractivity contribution in [3.8, 4) is 0 Å². The van der Waals surface area contributed by atoms with E-state index in [1.54, 1.807) is 0 Å². The predicted molar refractivity (Wildman–Crippen MR) is 54.3 cm³/mol. The Kier molecular flexibility index (Phi) is 1.80. The molecule has 2 rings (SSSR count). The van der Waals surface area contributed by atoms with Gasteiger partial charge in [0.1, 0.15) is 5.69 Å². The fourth-order valence-corrected chi connectivity index (χ4v) is 1.29. The SMILES string of the molecule is CC(C)c1cc2ncc(N)c(=O)n2[nH]1. The third kappa shape index (κ3) is 1.17. The van der Waals surface area contributed by atoms with Crippen molar-refractivity contribution in [2.45, 2.75) is 19.8 Å². The van der Waals surface area contributed by atoms with E-state index in [0.717, 1.165) is 5.69 Å². The van der Waals surface area contributed by atoms with Gasteiger partial charge < -0.3 is 5.73 Å². The Labute approximate surface area is 80.6 Å². The second-order valence-corrected chi connectivity index (χ2v) is 3.58. The fourth-order valence-electron chi connectivity index (χ4n) is 1.29. The topological polar surface area (TPSA) is 76.2 Å². The summed E-state index contributed by atoms with van der Waals surface area (Å²) in [6, 6.07) is 1.85. The first-order chi connectivity index (χ1) is 6.59. The smallest absolute Gasteiger partial charge is 0.295 e. The van der Waals surface area contributed by atoms with Crippen LogP contribution in [0, 0.1) is 0 Å². The Morgan fingerprint density at radius 1 is 1.57 bits per heavy atom. The summed E-state index contributed by atoms with van der Waals surface area (Å²) in [6.45, 7) is 4.08. The molecule has 0 atom stereocenters. The fraction of sp³-hybridized carbons (Fsp3) is 0.333. The highest BCUT2D eigenvalue weighted by Gasteiger charge is 2.07. The van der Waals surface area contributed by atoms with E-state index in [1.165, 1.54) is 10.7 Å². The summed E-state index contributed by atoms with van der Waals surface area (Å²) < 4.78 is 1.37. The van der Waals surface area contributed by atoms with Crippen LogP contribution in [0.4, 0.5) is 5.69 Å². The Morgan fingerprint density at radius 3 is 2.93 bits per heavy atom. The Morgan fingerprint density at radius 2 is 2.29 bits per heavy atom. The van der Waals surface area contributed by atoms with Crippen LogP contribution < -0.4 is 11.3 Å². The number of nitrogens with two attached hydrogens (primary N) is 1. The molecule has 74 valence electrons. The standard InChI is InChI=1S/C9H12N4O/c1-5(2)7-3-8-11-4-6(10)9(14)13(8)12-7/h3-5,12H,10H2,1-2H3. The second-order valence-electron chi connectivity index (χ2n) is 3.58. The van der Waals surface area contributed by atoms with Gasteiger partial charge in [0, 0.05) is 11.8 Å². The summed E-state index contributed by atoms with van der Waals surface area (Å²) >= 11 is 0. The highest BCUT2D eigenvalue weighted by atomic mass is 16.1. The van der Waals surface area contributed by atoms with Crippen LogP contribution in [0.15, 0.2) is 17.1 Å². The van der Waals surface area contributed by atoms with Crippen LogP contribution in [0.1, 0.15) is 25.5 Å². The van der Waals surface area contributed by atoms with Crippen LogP contribution in [0.3, 0.4) is 0 Å². The van der Waals surface area contributed by atoms with E-state index in [1.807, 2.05) is 19.9 Å². The summed E-state index contributed by atoms with van der Waals surface area (Å²) in [5.74, 6) is 0.331. The Bertz CT molecular complexity index is 523. The van der Waals surface area contributed by atoms with E-state index in [2.05, 4.69) is 10.1 Å². The van der Waals surface area contributed by atoms with E-state index in [0.29, 0.717) is 11.6 Å². The maximum Gasteiger partial charge on any atom is 0.295 e. The lowest BCUT2D eigenvalue weighted by Crippen LogP contribution is -2.18. The third-order valence-electron chi connectivity index (χ3n) is 2.16. The zero-order valence-corrected chi connectivity index (χ0v) is 8.11. The van der Waals surface area contributed by atoms with Crippen molar-refractivity contribution in [1.29, 1.82) is 0 Å². The van der Waals surface area contributed by atoms with Crippen molar-refractivity contribution in [2.24, 2.45) is 0 Å². The van der Waals surface area contributed by atoms with Gasteiger partial charge in [0.2, 0.25) is 0 Å². The van der Waals surface area contributed by atoms with E-state index in [-0.39, 0.29) is 11.2 Å². The second kappa shape index (κ2) is 2.87. The molecule has 0 fully saturated rings. The lowest BCUT2D eigenvalue weighted by Gasteiger charge is -1.97. The normalized spacial score (nSPS) is 11.4. The maximum atomic E-state index is 11.5. The van der Waals surface area contributed by atoms with Gasteiger partial charge in [-0.3, -0.25) is 9.89 Å². The molecule has 0 saturated carbocycles. The van der Waals surface area contributed by atoms with Crippen LogP contribution in [-0.4, -0.2) is 14.6 Å². The summed E-state index contributed by atoms with van der Waals surface area (Å²) in [5.41, 5.74) is 6.94. The highest BCUT2D eigenvalue weighted by molar-refractivity contribution is 5.44. The lowest BCUT2D eigenvalue weighted by molar-refractivity contribution is 0.777. The molecule has 0 aromatic carbocycles. The number of nitrogens with one attached hydrogen (secondary N) is 1. The number of fused-ring (bicyclic) bond motifs is 1. The maximum absolute atomic E-state index is 11.5. The highest BCUT2D eigenvalue weighted by Crippen LogP contribution is 2.12. The molecule has 0 saturated heterocycles. The molecule has 5 heteroatoms. The van der Waals surface area contributed by atoms with Gasteiger partial charge in [0.15, 0.2) is 5.65 Å². The first kappa shape index (κ1) is 8.80. The zero-order chi connectivity index (χ0) is 10.3. The molecule has 0 aliphatic carbocycles. The van der Waals surface area contributed by atoms with Gasteiger partial charge in [-0.1, -0.05) is 13.8 Å². The van der Waals surface area contributed by atoms with Crippen molar-refractivity contribution in [2.75, 3.05) is 5.73 Å². The van der Waals surface area contributed by atoms with Crippen molar-refractivity contribution >= 4 is 11.3 Å². The van der Waals surface area contributed by atoms with Crippen LogP contribution in [0.5, 0.6) is 0 Å². The average molecular weight is 192 g/mol. The minimum atomic E-state index is -0.248. The van der Waals surface area contributed by atoms with Gasteiger partial charge in [0.25, 0.3) is 5.56 Å². The van der Waals surface area contributed by atoms with Gasteiger partial charge >= 0.3 is 0 Å². The number of aromatic nitrogens is 3. The quantitative estimate of drug-likeness (QED) is 0.699. The molecule has 0 radical (unpaired) electrons. The Hall–Kier alpha value is -1.78. The molecule has 0 amide bonds. The number of nitrogen functional groups attached to an aromatic ring is 1. The molecule has 2 aromatic heterocycles. The molecular weight excluding hydrogens is 180 g/mol. The van der Waals surface area contributed by atoms with Crippen molar-refractivity contribution in [3.05, 3.63) is 28.3 Å². The molecule has 0 bridgehead atoms. The number of hydrogen-bond acceptors (Lipinski definition) is 3. The summed E-state index contributed by atoms with van der Waals surface area (Å²) in [4.78, 5) is 15.6. The molecular formula is C9H12N4O. The predicted octanol–water partition coefficient (Wildman–Crippen LogP) is 0.728. The van der Waals surface area contributed by atoms with Gasteiger partial charge in [-0.15, -0.1) is 0 Å². The third-order valence-corrected chi connectivity index (χ3v) is 2.16. The lowest BCUT2D eigenvalue weighted by atomic mass is 10.1. The first-order valence-electron chi connectivity index (χ1n) is 4.45. The van der Waals surface area contributed by atoms with Crippen LogP contribution in [0.2, 0.25) is 0 Å². The van der Waals surface area contributed by atoms with Gasteiger partial charge in [-0.2, -0.15) is 4.52 Å². The largest absolute Gasteiger partial charge is 0.393 e. The van der Waals surface area contributed by atoms with E-state index < -0.39 is 0 Å².